The molecule has 0 radical (unpaired) electrons. The van der Waals surface area contributed by atoms with E-state index in [4.69, 9.17) is 0 Å². The topological polar surface area (TPSA) is 42.7 Å². The van der Waals surface area contributed by atoms with Crippen molar-refractivity contribution in [2.45, 2.75) is 33.7 Å². The Labute approximate surface area is 108 Å². The summed E-state index contributed by atoms with van der Waals surface area (Å²) in [7, 11) is 0. The van der Waals surface area contributed by atoms with E-state index in [0.717, 1.165) is 31.3 Å². The van der Waals surface area contributed by atoms with E-state index in [9.17, 15) is 0 Å². The Balaban J connectivity index is 2.23. The molecule has 0 bridgehead atoms. The van der Waals surface area contributed by atoms with Gasteiger partial charge in [-0.25, -0.2) is 0 Å². The summed E-state index contributed by atoms with van der Waals surface area (Å²) in [5, 5.41) is 11.7. The molecule has 96 valence electrons. The maximum absolute atomic E-state index is 4.28. The second kappa shape index (κ2) is 5.67. The maximum Gasteiger partial charge on any atom is 0.224 e. The van der Waals surface area contributed by atoms with Crippen LogP contribution in [0, 0.1) is 6.92 Å². The van der Waals surface area contributed by atoms with Crippen molar-refractivity contribution in [1.29, 1.82) is 0 Å². The van der Waals surface area contributed by atoms with E-state index in [1.54, 1.807) is 0 Å². The average molecular weight is 244 g/mol. The van der Waals surface area contributed by atoms with Gasteiger partial charge >= 0.3 is 0 Å². The van der Waals surface area contributed by atoms with Gasteiger partial charge in [0.25, 0.3) is 0 Å². The first-order valence-corrected chi connectivity index (χ1v) is 6.46. The lowest BCUT2D eigenvalue weighted by Gasteiger charge is -2.08. The average Bonchev–Trinajstić information content (AvgIpc) is 2.72. The van der Waals surface area contributed by atoms with Crippen molar-refractivity contribution in [1.82, 2.24) is 14.8 Å². The molecule has 1 aromatic carbocycles. The highest BCUT2D eigenvalue weighted by molar-refractivity contribution is 5.29. The molecule has 0 amide bonds. The Kier molecular flexibility index (Phi) is 3.97. The van der Waals surface area contributed by atoms with Crippen LogP contribution in [0.3, 0.4) is 0 Å². The summed E-state index contributed by atoms with van der Waals surface area (Å²) >= 11 is 0. The van der Waals surface area contributed by atoms with Crippen molar-refractivity contribution in [3.8, 4) is 0 Å². The van der Waals surface area contributed by atoms with Crippen molar-refractivity contribution in [2.75, 3.05) is 11.9 Å². The van der Waals surface area contributed by atoms with Crippen LogP contribution >= 0.6 is 0 Å². The van der Waals surface area contributed by atoms with Crippen LogP contribution in [0.4, 0.5) is 5.95 Å². The van der Waals surface area contributed by atoms with Crippen molar-refractivity contribution < 1.29 is 0 Å². The summed E-state index contributed by atoms with van der Waals surface area (Å²) in [5.41, 5.74) is 2.56. The predicted molar refractivity (Wildman–Crippen MR) is 73.8 cm³/mol. The summed E-state index contributed by atoms with van der Waals surface area (Å²) in [6.45, 7) is 8.04. The van der Waals surface area contributed by atoms with Gasteiger partial charge in [0.1, 0.15) is 5.82 Å². The third kappa shape index (κ3) is 2.70. The van der Waals surface area contributed by atoms with Crippen molar-refractivity contribution >= 4 is 5.95 Å². The highest BCUT2D eigenvalue weighted by Crippen LogP contribution is 2.13. The highest BCUT2D eigenvalue weighted by Gasteiger charge is 2.10. The molecule has 0 aliphatic carbocycles. The largest absolute Gasteiger partial charge is 0.355 e. The zero-order valence-electron chi connectivity index (χ0n) is 11.3. The van der Waals surface area contributed by atoms with Gasteiger partial charge in [-0.1, -0.05) is 29.8 Å². The second-order valence-electron chi connectivity index (χ2n) is 4.38. The minimum Gasteiger partial charge on any atom is -0.355 e. The second-order valence-corrected chi connectivity index (χ2v) is 4.38. The van der Waals surface area contributed by atoms with Gasteiger partial charge in [0, 0.05) is 19.5 Å². The van der Waals surface area contributed by atoms with Crippen LogP contribution in [-0.4, -0.2) is 21.3 Å². The minimum atomic E-state index is 0.827. The first kappa shape index (κ1) is 12.6. The van der Waals surface area contributed by atoms with Crippen LogP contribution in [0.1, 0.15) is 30.8 Å². The fourth-order valence-electron chi connectivity index (χ4n) is 2.09. The summed E-state index contributed by atoms with van der Waals surface area (Å²) in [4.78, 5) is 0. The molecule has 2 aromatic rings. The van der Waals surface area contributed by atoms with E-state index in [1.165, 1.54) is 11.1 Å². The molecule has 1 N–H and O–H groups in total. The normalized spacial score (nSPS) is 10.6. The highest BCUT2D eigenvalue weighted by atomic mass is 15.3. The molecule has 0 saturated carbocycles. The zero-order chi connectivity index (χ0) is 13.0. The Morgan fingerprint density at radius 1 is 1.22 bits per heavy atom. The van der Waals surface area contributed by atoms with Crippen LogP contribution < -0.4 is 5.32 Å². The van der Waals surface area contributed by atoms with Crippen LogP contribution in [-0.2, 0) is 13.0 Å². The van der Waals surface area contributed by atoms with Gasteiger partial charge in [-0.2, -0.15) is 0 Å². The van der Waals surface area contributed by atoms with E-state index >= 15 is 0 Å². The van der Waals surface area contributed by atoms with E-state index in [0.29, 0.717) is 0 Å². The number of nitrogens with zero attached hydrogens (tertiary/aromatic N) is 3. The first-order valence-electron chi connectivity index (χ1n) is 6.46. The number of rotatable bonds is 5. The maximum atomic E-state index is 4.28. The quantitative estimate of drug-likeness (QED) is 0.879. The number of aryl methyl sites for hydroxylation is 1. The molecular formula is C14H20N4. The van der Waals surface area contributed by atoms with E-state index < -0.39 is 0 Å². The van der Waals surface area contributed by atoms with Gasteiger partial charge in [0.2, 0.25) is 5.95 Å². The molecule has 0 spiro atoms. The van der Waals surface area contributed by atoms with Crippen LogP contribution in [0.2, 0.25) is 0 Å². The van der Waals surface area contributed by atoms with Crippen molar-refractivity contribution in [2.24, 2.45) is 0 Å². The molecule has 0 fully saturated rings. The number of benzene rings is 1. The number of hydrogen-bond acceptors (Lipinski definition) is 3. The fraction of sp³-hybridized carbons (Fsp3) is 0.429. The summed E-state index contributed by atoms with van der Waals surface area (Å²) in [6, 6.07) is 8.52. The van der Waals surface area contributed by atoms with E-state index in [-0.39, 0.29) is 0 Å². The fourth-order valence-corrected chi connectivity index (χ4v) is 2.09. The van der Waals surface area contributed by atoms with Crippen LogP contribution in [0.15, 0.2) is 24.3 Å². The standard InChI is InChI=1S/C14H20N4/c1-4-15-14-17-16-13(18(14)5-2)10-12-8-6-7-11(3)9-12/h6-9H,4-5,10H2,1-3H3,(H,15,17). The van der Waals surface area contributed by atoms with Gasteiger partial charge in [0.15, 0.2) is 0 Å². The molecule has 0 atom stereocenters. The smallest absolute Gasteiger partial charge is 0.224 e. The molecule has 1 aromatic heterocycles. The van der Waals surface area contributed by atoms with Gasteiger partial charge in [0.05, 0.1) is 0 Å². The number of hydrogen-bond donors (Lipinski definition) is 1. The molecule has 18 heavy (non-hydrogen) atoms. The summed E-state index contributed by atoms with van der Waals surface area (Å²) < 4.78 is 2.13. The zero-order valence-corrected chi connectivity index (χ0v) is 11.3. The summed E-state index contributed by atoms with van der Waals surface area (Å²) in [5.74, 6) is 1.88. The van der Waals surface area contributed by atoms with Crippen LogP contribution in [0.5, 0.6) is 0 Å². The molecule has 2 rings (SSSR count). The minimum absolute atomic E-state index is 0.827. The lowest BCUT2D eigenvalue weighted by atomic mass is 10.1. The molecule has 0 saturated heterocycles. The number of nitrogens with one attached hydrogen (secondary N) is 1. The Hall–Kier alpha value is -1.84. The van der Waals surface area contributed by atoms with E-state index in [2.05, 4.69) is 65.1 Å². The monoisotopic (exact) mass is 244 g/mol. The SMILES string of the molecule is CCNc1nnc(Cc2cccc(C)c2)n1CC. The Morgan fingerprint density at radius 2 is 2.06 bits per heavy atom. The molecule has 0 unspecified atom stereocenters. The third-order valence-electron chi connectivity index (χ3n) is 2.92. The molecule has 4 heteroatoms. The molecule has 0 aliphatic rings. The van der Waals surface area contributed by atoms with Gasteiger partial charge in [-0.05, 0) is 26.3 Å². The lowest BCUT2D eigenvalue weighted by molar-refractivity contribution is 0.716. The molecule has 1 heterocycles. The van der Waals surface area contributed by atoms with Crippen molar-refractivity contribution in [3.05, 3.63) is 41.2 Å². The van der Waals surface area contributed by atoms with Crippen LogP contribution in [0.25, 0.3) is 0 Å². The molecule has 4 nitrogen and oxygen atoms in total. The number of anilines is 1. The molecular weight excluding hydrogens is 224 g/mol. The number of aromatic nitrogens is 3. The van der Waals surface area contributed by atoms with Gasteiger partial charge < -0.3 is 5.32 Å². The van der Waals surface area contributed by atoms with Gasteiger partial charge in [-0.3, -0.25) is 4.57 Å². The van der Waals surface area contributed by atoms with Crippen molar-refractivity contribution in [3.63, 3.8) is 0 Å². The summed E-state index contributed by atoms with van der Waals surface area (Å²) in [6.07, 6.45) is 0.827. The van der Waals surface area contributed by atoms with Gasteiger partial charge in [-0.15, -0.1) is 10.2 Å². The Bertz CT molecular complexity index is 516. The van der Waals surface area contributed by atoms with E-state index in [1.807, 2.05) is 0 Å². The molecule has 0 aliphatic heterocycles. The Morgan fingerprint density at radius 3 is 2.72 bits per heavy atom. The first-order chi connectivity index (χ1) is 8.74. The third-order valence-corrected chi connectivity index (χ3v) is 2.92. The lowest BCUT2D eigenvalue weighted by Crippen LogP contribution is -2.08. The predicted octanol–water partition coefficient (Wildman–Crippen LogP) is 2.63.